The van der Waals surface area contributed by atoms with Crippen molar-refractivity contribution in [1.29, 1.82) is 0 Å². The van der Waals surface area contributed by atoms with E-state index in [1.807, 2.05) is 12.1 Å². The Balaban J connectivity index is 2.09. The van der Waals surface area contributed by atoms with Crippen molar-refractivity contribution in [2.75, 3.05) is 19.0 Å². The molecule has 1 aromatic rings. The molecule has 0 unspecified atom stereocenters. The Morgan fingerprint density at radius 3 is 2.20 bits per heavy atom. The number of rotatable bonds is 11. The molecule has 1 rings (SSSR count). The second-order valence-electron chi connectivity index (χ2n) is 5.17. The number of hydrogen-bond acceptors (Lipinski definition) is 2. The van der Waals surface area contributed by atoms with Crippen LogP contribution in [-0.2, 0) is 0 Å². The van der Waals surface area contributed by atoms with Crippen molar-refractivity contribution >= 4 is 15.9 Å². The summed E-state index contributed by atoms with van der Waals surface area (Å²) < 4.78 is 11.1. The minimum atomic E-state index is 0.779. The summed E-state index contributed by atoms with van der Waals surface area (Å²) in [7, 11) is 1.69. The lowest BCUT2D eigenvalue weighted by molar-refractivity contribution is 0.284. The first-order valence-corrected chi connectivity index (χ1v) is 8.73. The molecule has 0 N–H and O–H groups in total. The molecule has 0 saturated heterocycles. The smallest absolute Gasteiger partial charge is 0.161 e. The fraction of sp³-hybridized carbons (Fsp3) is 0.647. The Morgan fingerprint density at radius 1 is 0.900 bits per heavy atom. The van der Waals surface area contributed by atoms with Gasteiger partial charge in [-0.1, -0.05) is 54.1 Å². The standard InChI is InChI=1S/C17H27BrO2/c1-15-10-11-16(17(14-15)19-2)20-13-9-7-5-3-4-6-8-12-18/h10-11,14H,3-9,12-13H2,1-2H3. The first kappa shape index (κ1) is 17.4. The first-order chi connectivity index (χ1) is 9.77. The predicted molar refractivity (Wildman–Crippen MR) is 89.3 cm³/mol. The van der Waals surface area contributed by atoms with Crippen LogP contribution in [0.25, 0.3) is 0 Å². The molecule has 0 aliphatic carbocycles. The molecule has 0 amide bonds. The van der Waals surface area contributed by atoms with Gasteiger partial charge in [-0.15, -0.1) is 0 Å². The lowest BCUT2D eigenvalue weighted by atomic mass is 10.1. The van der Waals surface area contributed by atoms with E-state index in [-0.39, 0.29) is 0 Å². The van der Waals surface area contributed by atoms with E-state index in [2.05, 4.69) is 28.9 Å². The molecular formula is C17H27BrO2. The van der Waals surface area contributed by atoms with Crippen molar-refractivity contribution in [2.24, 2.45) is 0 Å². The van der Waals surface area contributed by atoms with E-state index >= 15 is 0 Å². The number of ether oxygens (including phenoxy) is 2. The molecule has 0 heterocycles. The zero-order valence-corrected chi connectivity index (χ0v) is 14.4. The summed E-state index contributed by atoms with van der Waals surface area (Å²) in [6.45, 7) is 2.84. The maximum atomic E-state index is 5.80. The maximum absolute atomic E-state index is 5.80. The van der Waals surface area contributed by atoms with Crippen LogP contribution in [0.3, 0.4) is 0 Å². The number of halogens is 1. The molecule has 0 spiro atoms. The van der Waals surface area contributed by atoms with Gasteiger partial charge in [0.25, 0.3) is 0 Å². The Bertz CT molecular complexity index is 366. The van der Waals surface area contributed by atoms with Crippen LogP contribution in [-0.4, -0.2) is 19.0 Å². The van der Waals surface area contributed by atoms with Gasteiger partial charge in [-0.3, -0.25) is 0 Å². The van der Waals surface area contributed by atoms with Crippen LogP contribution in [0.2, 0.25) is 0 Å². The van der Waals surface area contributed by atoms with Crippen LogP contribution >= 0.6 is 15.9 Å². The third-order valence-electron chi connectivity index (χ3n) is 3.35. The fourth-order valence-electron chi connectivity index (χ4n) is 2.16. The van der Waals surface area contributed by atoms with E-state index in [9.17, 15) is 0 Å². The molecule has 0 bridgehead atoms. The quantitative estimate of drug-likeness (QED) is 0.390. The Hall–Kier alpha value is -0.700. The van der Waals surface area contributed by atoms with Gasteiger partial charge in [0.1, 0.15) is 0 Å². The van der Waals surface area contributed by atoms with Gasteiger partial charge < -0.3 is 9.47 Å². The zero-order valence-electron chi connectivity index (χ0n) is 12.8. The van der Waals surface area contributed by atoms with Crippen LogP contribution in [0.15, 0.2) is 18.2 Å². The van der Waals surface area contributed by atoms with Crippen LogP contribution in [0, 0.1) is 6.92 Å². The number of unbranched alkanes of at least 4 members (excludes halogenated alkanes) is 6. The van der Waals surface area contributed by atoms with Crippen LogP contribution in [0.4, 0.5) is 0 Å². The Kier molecular flexibility index (Phi) is 9.56. The minimum absolute atomic E-state index is 0.779. The number of hydrogen-bond donors (Lipinski definition) is 0. The molecule has 0 radical (unpaired) electrons. The molecule has 114 valence electrons. The van der Waals surface area contributed by atoms with E-state index < -0.39 is 0 Å². The highest BCUT2D eigenvalue weighted by Gasteiger charge is 2.03. The minimum Gasteiger partial charge on any atom is -0.493 e. The molecule has 0 aromatic heterocycles. The SMILES string of the molecule is COc1cc(C)ccc1OCCCCCCCCCBr. The van der Waals surface area contributed by atoms with Crippen molar-refractivity contribution in [3.8, 4) is 11.5 Å². The first-order valence-electron chi connectivity index (χ1n) is 7.61. The van der Waals surface area contributed by atoms with Gasteiger partial charge in [-0.05, 0) is 37.5 Å². The maximum Gasteiger partial charge on any atom is 0.161 e. The monoisotopic (exact) mass is 342 g/mol. The molecule has 3 heteroatoms. The summed E-state index contributed by atoms with van der Waals surface area (Å²) in [4.78, 5) is 0. The summed E-state index contributed by atoms with van der Waals surface area (Å²) >= 11 is 3.46. The second kappa shape index (κ2) is 11.0. The Morgan fingerprint density at radius 2 is 1.55 bits per heavy atom. The average molecular weight is 343 g/mol. The van der Waals surface area contributed by atoms with E-state index in [0.29, 0.717) is 0 Å². The number of benzene rings is 1. The van der Waals surface area contributed by atoms with Crippen LogP contribution < -0.4 is 9.47 Å². The van der Waals surface area contributed by atoms with E-state index in [0.717, 1.165) is 29.9 Å². The average Bonchev–Trinajstić information content (AvgIpc) is 2.46. The predicted octanol–water partition coefficient (Wildman–Crippen LogP) is 5.51. The van der Waals surface area contributed by atoms with Crippen molar-refractivity contribution in [2.45, 2.75) is 51.9 Å². The highest BCUT2D eigenvalue weighted by Crippen LogP contribution is 2.27. The summed E-state index contributed by atoms with van der Waals surface area (Å²) in [6, 6.07) is 6.06. The Labute approximate surface area is 132 Å². The fourth-order valence-corrected chi connectivity index (χ4v) is 2.55. The molecule has 0 aliphatic heterocycles. The molecule has 1 aromatic carbocycles. The topological polar surface area (TPSA) is 18.5 Å². The van der Waals surface area contributed by atoms with Crippen LogP contribution in [0.5, 0.6) is 11.5 Å². The molecule has 0 saturated carbocycles. The van der Waals surface area contributed by atoms with Gasteiger partial charge in [0.15, 0.2) is 11.5 Å². The summed E-state index contributed by atoms with van der Waals surface area (Å²) in [6.07, 6.45) is 9.05. The van der Waals surface area contributed by atoms with E-state index in [4.69, 9.17) is 9.47 Å². The number of alkyl halides is 1. The largest absolute Gasteiger partial charge is 0.493 e. The van der Waals surface area contributed by atoms with Crippen LogP contribution in [0.1, 0.15) is 50.5 Å². The van der Waals surface area contributed by atoms with E-state index in [1.165, 1.54) is 44.1 Å². The lowest BCUT2D eigenvalue weighted by Crippen LogP contribution is -1.99. The summed E-state index contributed by atoms with van der Waals surface area (Å²) in [5.74, 6) is 1.69. The molecule has 2 nitrogen and oxygen atoms in total. The molecular weight excluding hydrogens is 316 g/mol. The third-order valence-corrected chi connectivity index (χ3v) is 3.92. The van der Waals surface area contributed by atoms with Crippen molar-refractivity contribution < 1.29 is 9.47 Å². The van der Waals surface area contributed by atoms with Crippen molar-refractivity contribution in [3.63, 3.8) is 0 Å². The number of methoxy groups -OCH3 is 1. The molecule has 0 atom stereocenters. The highest BCUT2D eigenvalue weighted by atomic mass is 79.9. The molecule has 0 fully saturated rings. The normalized spacial score (nSPS) is 10.6. The zero-order chi connectivity index (χ0) is 14.6. The highest BCUT2D eigenvalue weighted by molar-refractivity contribution is 9.09. The summed E-state index contributed by atoms with van der Waals surface area (Å²) in [5, 5.41) is 1.14. The van der Waals surface area contributed by atoms with Gasteiger partial charge in [-0.25, -0.2) is 0 Å². The van der Waals surface area contributed by atoms with Gasteiger partial charge in [0.05, 0.1) is 13.7 Å². The van der Waals surface area contributed by atoms with Gasteiger partial charge in [0.2, 0.25) is 0 Å². The van der Waals surface area contributed by atoms with Gasteiger partial charge >= 0.3 is 0 Å². The third kappa shape index (κ3) is 7.18. The molecule has 20 heavy (non-hydrogen) atoms. The van der Waals surface area contributed by atoms with Crippen molar-refractivity contribution in [1.82, 2.24) is 0 Å². The second-order valence-corrected chi connectivity index (χ2v) is 5.96. The van der Waals surface area contributed by atoms with E-state index in [1.54, 1.807) is 7.11 Å². The summed E-state index contributed by atoms with van der Waals surface area (Å²) in [5.41, 5.74) is 1.19. The van der Waals surface area contributed by atoms with Gasteiger partial charge in [0, 0.05) is 5.33 Å². The van der Waals surface area contributed by atoms with Gasteiger partial charge in [-0.2, -0.15) is 0 Å². The van der Waals surface area contributed by atoms with Crippen molar-refractivity contribution in [3.05, 3.63) is 23.8 Å². The number of aryl methyl sites for hydroxylation is 1. The molecule has 0 aliphatic rings. The lowest BCUT2D eigenvalue weighted by Gasteiger charge is -2.11.